The molecule has 0 radical (unpaired) electrons. The van der Waals surface area contributed by atoms with Gasteiger partial charge in [-0.05, 0) is 73.0 Å². The summed E-state index contributed by atoms with van der Waals surface area (Å²) in [6.07, 6.45) is 3.84. The Kier molecular flexibility index (Phi) is 7.81. The van der Waals surface area contributed by atoms with Crippen molar-refractivity contribution in [2.45, 2.75) is 44.3 Å². The monoisotopic (exact) mass is 486 g/mol. The standard InChI is InChI=1S/C28H27ClN4O2/c29-23-5-3-4-22(16-23)27(34)32-24-14-10-20(11-15-24)18-33(26-7-2-1-6-25(26)31)28(35)21-12-8-19(17-30)9-13-21/h3-5,8-16,25-26H,1-2,6-7,18,31H2,(H,32,34). The number of hydrogen-bond donors (Lipinski definition) is 2. The van der Waals surface area contributed by atoms with Crippen molar-refractivity contribution in [3.8, 4) is 6.07 Å². The first-order valence-electron chi connectivity index (χ1n) is 11.7. The van der Waals surface area contributed by atoms with Gasteiger partial charge in [0.05, 0.1) is 11.6 Å². The average Bonchev–Trinajstić information content (AvgIpc) is 2.88. The molecule has 4 rings (SSSR count). The second kappa shape index (κ2) is 11.2. The molecule has 0 saturated heterocycles. The van der Waals surface area contributed by atoms with Crippen molar-refractivity contribution in [2.75, 3.05) is 5.32 Å². The summed E-state index contributed by atoms with van der Waals surface area (Å²) in [4.78, 5) is 27.9. The maximum Gasteiger partial charge on any atom is 0.255 e. The van der Waals surface area contributed by atoms with Crippen LogP contribution in [0.25, 0.3) is 0 Å². The average molecular weight is 487 g/mol. The molecule has 0 aromatic heterocycles. The van der Waals surface area contributed by atoms with Gasteiger partial charge in [-0.1, -0.05) is 42.6 Å². The van der Waals surface area contributed by atoms with Gasteiger partial charge in [0.15, 0.2) is 0 Å². The van der Waals surface area contributed by atoms with Crippen LogP contribution >= 0.6 is 11.6 Å². The second-order valence-corrected chi connectivity index (χ2v) is 9.24. The number of halogens is 1. The van der Waals surface area contributed by atoms with Gasteiger partial charge in [-0.15, -0.1) is 0 Å². The summed E-state index contributed by atoms with van der Waals surface area (Å²) in [6, 6.07) is 22.9. The second-order valence-electron chi connectivity index (χ2n) is 8.80. The third kappa shape index (κ3) is 6.07. The van der Waals surface area contributed by atoms with Crippen molar-refractivity contribution in [1.82, 2.24) is 4.90 Å². The summed E-state index contributed by atoms with van der Waals surface area (Å²) in [5.74, 6) is -0.346. The predicted molar refractivity (Wildman–Crippen MR) is 137 cm³/mol. The zero-order valence-electron chi connectivity index (χ0n) is 19.3. The van der Waals surface area contributed by atoms with Crippen LogP contribution in [0.15, 0.2) is 72.8 Å². The fourth-order valence-electron chi connectivity index (χ4n) is 4.44. The normalized spacial score (nSPS) is 17.3. The van der Waals surface area contributed by atoms with E-state index in [4.69, 9.17) is 22.6 Å². The Labute approximate surface area is 210 Å². The molecule has 1 fully saturated rings. The van der Waals surface area contributed by atoms with E-state index < -0.39 is 0 Å². The fraction of sp³-hybridized carbons (Fsp3) is 0.250. The molecule has 178 valence electrons. The van der Waals surface area contributed by atoms with E-state index in [-0.39, 0.29) is 23.9 Å². The third-order valence-electron chi connectivity index (χ3n) is 6.36. The van der Waals surface area contributed by atoms with E-state index in [1.54, 1.807) is 48.5 Å². The number of hydrogen-bond acceptors (Lipinski definition) is 4. The van der Waals surface area contributed by atoms with Crippen molar-refractivity contribution >= 4 is 29.1 Å². The number of nitrogens with two attached hydrogens (primary N) is 1. The minimum atomic E-state index is -0.244. The highest BCUT2D eigenvalue weighted by atomic mass is 35.5. The number of nitriles is 1. The van der Waals surface area contributed by atoms with Crippen molar-refractivity contribution < 1.29 is 9.59 Å². The van der Waals surface area contributed by atoms with E-state index in [9.17, 15) is 9.59 Å². The van der Waals surface area contributed by atoms with Crippen LogP contribution in [0.4, 0.5) is 5.69 Å². The van der Waals surface area contributed by atoms with Crippen LogP contribution in [0.3, 0.4) is 0 Å². The van der Waals surface area contributed by atoms with Gasteiger partial charge in [0, 0.05) is 40.5 Å². The number of rotatable bonds is 6. The lowest BCUT2D eigenvalue weighted by molar-refractivity contribution is 0.0583. The first-order valence-corrected chi connectivity index (χ1v) is 12.0. The maximum atomic E-state index is 13.5. The first-order chi connectivity index (χ1) is 16.9. The SMILES string of the molecule is N#Cc1ccc(C(=O)N(Cc2ccc(NC(=O)c3cccc(Cl)c3)cc2)C2CCCCC2N)cc1. The summed E-state index contributed by atoms with van der Waals surface area (Å²) < 4.78 is 0. The smallest absolute Gasteiger partial charge is 0.255 e. The molecule has 7 heteroatoms. The minimum absolute atomic E-state index is 0.0610. The molecule has 1 aliphatic rings. The summed E-state index contributed by atoms with van der Waals surface area (Å²) in [5.41, 5.74) is 9.56. The van der Waals surface area contributed by atoms with Crippen LogP contribution in [-0.2, 0) is 6.54 Å². The van der Waals surface area contributed by atoms with Crippen molar-refractivity contribution in [3.05, 3.63) is 100 Å². The third-order valence-corrected chi connectivity index (χ3v) is 6.59. The molecule has 0 bridgehead atoms. The highest BCUT2D eigenvalue weighted by Gasteiger charge is 2.31. The lowest BCUT2D eigenvalue weighted by Gasteiger charge is -2.38. The molecule has 2 amide bonds. The summed E-state index contributed by atoms with van der Waals surface area (Å²) >= 11 is 5.98. The Morgan fingerprint density at radius 1 is 1.00 bits per heavy atom. The molecule has 3 aromatic rings. The van der Waals surface area contributed by atoms with Gasteiger partial charge >= 0.3 is 0 Å². The Morgan fingerprint density at radius 3 is 2.37 bits per heavy atom. The van der Waals surface area contributed by atoms with E-state index in [0.29, 0.717) is 33.9 Å². The van der Waals surface area contributed by atoms with Gasteiger partial charge in [0.25, 0.3) is 11.8 Å². The molecule has 3 aromatic carbocycles. The lowest BCUT2D eigenvalue weighted by atomic mass is 9.89. The van der Waals surface area contributed by atoms with Crippen LogP contribution in [0.2, 0.25) is 5.02 Å². The Bertz CT molecular complexity index is 1240. The molecular formula is C28H27ClN4O2. The molecule has 2 unspecified atom stereocenters. The Balaban J connectivity index is 1.51. The van der Waals surface area contributed by atoms with Gasteiger partial charge in [-0.3, -0.25) is 9.59 Å². The van der Waals surface area contributed by atoms with Crippen LogP contribution in [0, 0.1) is 11.3 Å². The highest BCUT2D eigenvalue weighted by molar-refractivity contribution is 6.31. The van der Waals surface area contributed by atoms with Gasteiger partial charge < -0.3 is 16.0 Å². The fourth-order valence-corrected chi connectivity index (χ4v) is 4.63. The first kappa shape index (κ1) is 24.5. The molecule has 6 nitrogen and oxygen atoms in total. The maximum absolute atomic E-state index is 13.5. The van der Waals surface area contributed by atoms with Crippen LogP contribution in [0.1, 0.15) is 57.5 Å². The Hall–Kier alpha value is -3.66. The van der Waals surface area contributed by atoms with Crippen molar-refractivity contribution in [3.63, 3.8) is 0 Å². The van der Waals surface area contributed by atoms with Gasteiger partial charge in [0.2, 0.25) is 0 Å². The number of benzene rings is 3. The molecule has 35 heavy (non-hydrogen) atoms. The largest absolute Gasteiger partial charge is 0.330 e. The van der Waals surface area contributed by atoms with E-state index >= 15 is 0 Å². The molecule has 2 atom stereocenters. The number of nitrogens with one attached hydrogen (secondary N) is 1. The zero-order chi connectivity index (χ0) is 24.8. The van der Waals surface area contributed by atoms with Crippen molar-refractivity contribution in [1.29, 1.82) is 5.26 Å². The van der Waals surface area contributed by atoms with Gasteiger partial charge in [-0.2, -0.15) is 5.26 Å². The molecule has 0 aliphatic heterocycles. The summed E-state index contributed by atoms with van der Waals surface area (Å²) in [5, 5.41) is 12.4. The molecular weight excluding hydrogens is 460 g/mol. The quantitative estimate of drug-likeness (QED) is 0.488. The lowest BCUT2D eigenvalue weighted by Crippen LogP contribution is -2.51. The summed E-state index contributed by atoms with van der Waals surface area (Å²) in [6.45, 7) is 0.403. The number of carbonyl (C=O) groups is 2. The predicted octanol–water partition coefficient (Wildman–Crippen LogP) is 5.38. The molecule has 0 heterocycles. The molecule has 1 aliphatic carbocycles. The topological polar surface area (TPSA) is 99.2 Å². The molecule has 3 N–H and O–H groups in total. The van der Waals surface area contributed by atoms with E-state index in [0.717, 1.165) is 31.2 Å². The van der Waals surface area contributed by atoms with E-state index in [1.807, 2.05) is 29.2 Å². The van der Waals surface area contributed by atoms with Gasteiger partial charge in [0.1, 0.15) is 0 Å². The van der Waals surface area contributed by atoms with Gasteiger partial charge in [-0.25, -0.2) is 0 Å². The minimum Gasteiger partial charge on any atom is -0.330 e. The number of nitrogens with zero attached hydrogens (tertiary/aromatic N) is 2. The van der Waals surface area contributed by atoms with Crippen LogP contribution in [-0.4, -0.2) is 28.8 Å². The van der Waals surface area contributed by atoms with Crippen LogP contribution in [0.5, 0.6) is 0 Å². The van der Waals surface area contributed by atoms with Crippen molar-refractivity contribution in [2.24, 2.45) is 5.73 Å². The summed E-state index contributed by atoms with van der Waals surface area (Å²) in [7, 11) is 0. The van der Waals surface area contributed by atoms with E-state index in [2.05, 4.69) is 11.4 Å². The number of amides is 2. The molecule has 0 spiro atoms. The number of carbonyl (C=O) groups excluding carboxylic acids is 2. The highest BCUT2D eigenvalue weighted by Crippen LogP contribution is 2.26. The van der Waals surface area contributed by atoms with E-state index in [1.165, 1.54) is 0 Å². The van der Waals surface area contributed by atoms with Crippen LogP contribution < -0.4 is 11.1 Å². The Morgan fingerprint density at radius 2 is 1.71 bits per heavy atom. The zero-order valence-corrected chi connectivity index (χ0v) is 20.0. The number of anilines is 1. The molecule has 1 saturated carbocycles.